The van der Waals surface area contributed by atoms with Crippen LogP contribution in [0.5, 0.6) is 28.7 Å². The Labute approximate surface area is 537 Å². The highest BCUT2D eigenvalue weighted by Crippen LogP contribution is 2.66. The summed E-state index contributed by atoms with van der Waals surface area (Å²) in [6.45, 7) is 11.6. The van der Waals surface area contributed by atoms with E-state index in [2.05, 4.69) is 56.7 Å². The lowest BCUT2D eigenvalue weighted by Crippen LogP contribution is -2.55. The lowest BCUT2D eigenvalue weighted by Gasteiger charge is -2.56. The average Bonchev–Trinajstić information content (AvgIpc) is 1.07. The van der Waals surface area contributed by atoms with E-state index in [-0.39, 0.29) is 87.6 Å². The smallest absolute Gasteiger partial charge is 0.188 e. The number of carbonyl (C=O) groups excluding carboxylic acids is 1. The number of allylic oxidation sites excluding steroid dienone is 2. The number of hydrogen-bond donors (Lipinski definition) is 8. The maximum absolute atomic E-state index is 13.2. The van der Waals surface area contributed by atoms with Gasteiger partial charge in [-0.15, -0.1) is 0 Å². The van der Waals surface area contributed by atoms with Gasteiger partial charge in [0.25, 0.3) is 0 Å². The lowest BCUT2D eigenvalue weighted by molar-refractivity contribution is -0.179. The number of hydrogen-bond acceptors (Lipinski definition) is 14. The highest BCUT2D eigenvalue weighted by atomic mass is 16.5. The van der Waals surface area contributed by atoms with Crippen LogP contribution in [0.2, 0.25) is 0 Å². The molecule has 15 rings (SSSR count). The van der Waals surface area contributed by atoms with Crippen LogP contribution in [0.15, 0.2) is 53.5 Å². The molecule has 16 atom stereocenters. The molecular weight excluding hydrogens is 1130 g/mol. The van der Waals surface area contributed by atoms with E-state index in [9.17, 15) is 30.3 Å². The van der Waals surface area contributed by atoms with E-state index in [0.29, 0.717) is 105 Å². The number of aliphatic imine (C=N–C) groups is 1. The molecule has 4 spiro atoms. The first kappa shape index (κ1) is 65.2. The molecule has 0 aromatic heterocycles. The van der Waals surface area contributed by atoms with Crippen LogP contribution in [0.4, 0.5) is 0 Å². The van der Waals surface area contributed by atoms with Gasteiger partial charge < -0.3 is 65.6 Å². The first-order valence-electron chi connectivity index (χ1n) is 35.6. The quantitative estimate of drug-likeness (QED) is 0.0626. The third kappa shape index (κ3) is 12.8. The molecule has 9 N–H and O–H groups in total. The van der Waals surface area contributed by atoms with E-state index in [1.54, 1.807) is 13.2 Å². The number of nitrogens with zero attached hydrogens (tertiary/aromatic N) is 1. The van der Waals surface area contributed by atoms with Gasteiger partial charge in [-0.3, -0.25) is 4.99 Å². The summed E-state index contributed by atoms with van der Waals surface area (Å²) in [4.78, 5) is 17.3. The Morgan fingerprint density at radius 3 is 2.44 bits per heavy atom. The minimum Gasteiger partial charge on any atom is -0.508 e. The number of benzene rings is 3. The average molecular weight is 1240 g/mol. The Morgan fingerprint density at radius 1 is 0.856 bits per heavy atom. The monoisotopic (exact) mass is 1240 g/mol. The first-order chi connectivity index (χ1) is 43.4. The molecule has 90 heavy (non-hydrogen) atoms. The van der Waals surface area contributed by atoms with E-state index in [0.717, 1.165) is 162 Å². The predicted molar refractivity (Wildman–Crippen MR) is 354 cm³/mol. The maximum Gasteiger partial charge on any atom is 0.188 e. The number of phenols is 2. The fraction of sp³-hybridized carbons (Fsp3) is 0.711. The van der Waals surface area contributed by atoms with E-state index < -0.39 is 18.3 Å². The number of phenolic OH excluding ortho intramolecular Hbond substituents is 2. The molecule has 6 aliphatic carbocycles. The van der Waals surface area contributed by atoms with Crippen molar-refractivity contribution >= 4 is 12.2 Å². The molecule has 14 nitrogen and oxygen atoms in total. The topological polar surface area (TPSA) is 218 Å². The van der Waals surface area contributed by atoms with Gasteiger partial charge in [0.05, 0.1) is 24.9 Å². The number of guanidine groups is 1. The molecule has 4 saturated carbocycles. The van der Waals surface area contributed by atoms with Gasteiger partial charge in [0.1, 0.15) is 35.7 Å². The van der Waals surface area contributed by atoms with Crippen molar-refractivity contribution in [2.45, 2.75) is 224 Å². The molecule has 0 unspecified atom stereocenters. The number of ether oxygens (including phenoxy) is 4. The normalized spacial score (nSPS) is 34.7. The molecule has 1 saturated heterocycles. The molecule has 0 amide bonds. The highest BCUT2D eigenvalue weighted by molar-refractivity contribution is 5.84. The number of aliphatic hydroxyl groups is 3. The summed E-state index contributed by atoms with van der Waals surface area (Å²) in [5.74, 6) is 3.80. The molecule has 3 aromatic carbocycles. The number of aromatic hydroxyl groups is 2. The molecular formula is C76H110N4O10. The Morgan fingerprint density at radius 2 is 1.67 bits per heavy atom. The summed E-state index contributed by atoms with van der Waals surface area (Å²) in [7, 11) is 3.79. The van der Waals surface area contributed by atoms with Gasteiger partial charge >= 0.3 is 0 Å². The second kappa shape index (κ2) is 27.2. The molecule has 494 valence electrons. The molecule has 6 heterocycles. The van der Waals surface area contributed by atoms with Gasteiger partial charge in [0, 0.05) is 61.8 Å². The van der Waals surface area contributed by atoms with Gasteiger partial charge in [-0.05, 0) is 245 Å². The zero-order valence-corrected chi connectivity index (χ0v) is 55.3. The van der Waals surface area contributed by atoms with Crippen LogP contribution >= 0.6 is 0 Å². The Bertz CT molecular complexity index is 3060. The standard InChI is InChI=1S/C76H110N4O10/c1-46(2)30-54-34-59-53(35-63(54)85)33-58-51-16-15-50(57(32-51)48(4)13-9-12-47(3)42-81)31-55(83)40-75(24-11-23-74(75)27-29-88-76(44-74)25-10-14-49(39-76)41-78-5)45-80-72(77)79-28-20-56-61(43-82)73(21-7-8-22-73)26-19-65(56)89-67-36-52(17-18-62(67)84)71-64(86)37-60-66(90-71)38-68(87-6)70(59)69(58)60/h15-18,34-36,38,42,46-51,55-58,61,64-65,71,78,82-86H,7-14,19-33,37,39-41,43-45H2,1-6H3,(H3,77,79,80)/t47-,48-,49+,50-,51-,55+,56+,57-,58-,61+,64-,65+,71+,74-,75-,76-/m1/s1. The fourth-order valence-electron chi connectivity index (χ4n) is 20.9. The molecule has 6 aliphatic heterocycles. The van der Waals surface area contributed by atoms with Gasteiger partial charge in [0.2, 0.25) is 0 Å². The summed E-state index contributed by atoms with van der Waals surface area (Å²) in [6.07, 6.45) is 26.3. The number of nitrogens with two attached hydrogens (primary N) is 1. The van der Waals surface area contributed by atoms with Crippen molar-refractivity contribution in [1.82, 2.24) is 10.6 Å². The van der Waals surface area contributed by atoms with Crippen LogP contribution in [0.3, 0.4) is 0 Å². The van der Waals surface area contributed by atoms with Crippen LogP contribution in [0.25, 0.3) is 11.1 Å². The van der Waals surface area contributed by atoms with E-state index in [1.807, 2.05) is 31.2 Å². The van der Waals surface area contributed by atoms with E-state index in [4.69, 9.17) is 29.7 Å². The van der Waals surface area contributed by atoms with E-state index >= 15 is 0 Å². The Hall–Kier alpha value is -4.86. The SMILES string of the molecule is CNC[C@H]1CCC[C@@]2(C1)C[C@@]1(CCC[C@@]13CN=C(N)NCC[C@@H]1[C@H](CCC4(CCCC4)[C@H]1CO)Oc1cc(ccc1O)[C@@H]1Oc4cc(OC)c5c(c4C[C@H]1O)[C@H](Cc1cc(O)c(CC(C)C)cc1-5)[C@@H]1C=C[C@H](C[C@H](O)C3)[C@@H]([C@H](C)CCC[C@@H](C)C=O)C1)CCO2. The van der Waals surface area contributed by atoms with Crippen molar-refractivity contribution in [2.75, 3.05) is 47.0 Å². The number of carbonyl (C=O) groups is 1. The Balaban J connectivity index is 0.974. The van der Waals surface area contributed by atoms with Crippen molar-refractivity contribution in [3.05, 3.63) is 76.4 Å². The van der Waals surface area contributed by atoms with Crippen molar-refractivity contribution in [3.8, 4) is 39.9 Å². The van der Waals surface area contributed by atoms with Crippen LogP contribution in [0.1, 0.15) is 209 Å². The summed E-state index contributed by atoms with van der Waals surface area (Å²) in [5.41, 5.74) is 13.3. The van der Waals surface area contributed by atoms with Crippen LogP contribution in [-0.4, -0.2) is 109 Å². The molecule has 8 bridgehead atoms. The van der Waals surface area contributed by atoms with Crippen molar-refractivity contribution < 1.29 is 49.3 Å². The minimum absolute atomic E-state index is 0.00430. The van der Waals surface area contributed by atoms with Crippen molar-refractivity contribution in [1.29, 1.82) is 0 Å². The Kier molecular flexibility index (Phi) is 19.7. The number of fused-ring (bicyclic) bond motifs is 2. The highest BCUT2D eigenvalue weighted by Gasteiger charge is 2.60. The predicted octanol–water partition coefficient (Wildman–Crippen LogP) is 13.0. The third-order valence-corrected chi connectivity index (χ3v) is 25.2. The second-order valence-corrected chi connectivity index (χ2v) is 31.2. The second-order valence-electron chi connectivity index (χ2n) is 31.2. The summed E-state index contributed by atoms with van der Waals surface area (Å²) in [5, 5.41) is 68.0. The van der Waals surface area contributed by atoms with Gasteiger partial charge in [-0.1, -0.05) is 84.4 Å². The number of rotatable bonds is 12. The minimum atomic E-state index is -0.952. The molecule has 5 fully saturated rings. The molecule has 12 aliphatic rings. The third-order valence-electron chi connectivity index (χ3n) is 25.2. The molecule has 3 aromatic rings. The van der Waals surface area contributed by atoms with Gasteiger partial charge in [-0.2, -0.15) is 0 Å². The molecule has 14 heteroatoms. The fourth-order valence-corrected chi connectivity index (χ4v) is 20.9. The number of methoxy groups -OCH3 is 1. The zero-order valence-electron chi connectivity index (χ0n) is 55.3. The number of aliphatic hydroxyl groups excluding tert-OH is 3. The number of aldehydes is 1. The first-order valence-corrected chi connectivity index (χ1v) is 35.6. The molecule has 0 radical (unpaired) electrons. The summed E-state index contributed by atoms with van der Waals surface area (Å²) < 4.78 is 27.7. The van der Waals surface area contributed by atoms with Crippen molar-refractivity contribution in [3.63, 3.8) is 0 Å². The lowest BCUT2D eigenvalue weighted by atomic mass is 9.54. The van der Waals surface area contributed by atoms with Crippen molar-refractivity contribution in [2.24, 2.45) is 80.2 Å². The van der Waals surface area contributed by atoms with E-state index in [1.165, 1.54) is 6.42 Å². The summed E-state index contributed by atoms with van der Waals surface area (Å²) >= 11 is 0. The van der Waals surface area contributed by atoms with Gasteiger partial charge in [0.15, 0.2) is 17.5 Å². The maximum atomic E-state index is 13.2. The van der Waals surface area contributed by atoms with Gasteiger partial charge in [-0.25, -0.2) is 0 Å². The van der Waals surface area contributed by atoms with Crippen LogP contribution in [-0.2, 0) is 28.8 Å². The largest absolute Gasteiger partial charge is 0.508 e. The zero-order chi connectivity index (χ0) is 63.1. The van der Waals surface area contributed by atoms with Crippen LogP contribution < -0.4 is 30.6 Å². The number of nitrogens with one attached hydrogen (secondary N) is 2. The summed E-state index contributed by atoms with van der Waals surface area (Å²) in [6, 6.07) is 11.5. The van der Waals surface area contributed by atoms with Crippen LogP contribution in [0, 0.1) is 69.5 Å².